The molecule has 8 nitrogen and oxygen atoms in total. The van der Waals surface area contributed by atoms with Crippen LogP contribution in [-0.4, -0.2) is 66.8 Å². The summed E-state index contributed by atoms with van der Waals surface area (Å²) in [4.78, 5) is 30.3. The zero-order chi connectivity index (χ0) is 24.4. The van der Waals surface area contributed by atoms with Crippen molar-refractivity contribution in [1.29, 1.82) is 0 Å². The number of nitrogens with zero attached hydrogens (tertiary/aromatic N) is 6. The minimum atomic E-state index is -0.128. The fraction of sp³-hybridized carbons (Fsp3) is 0.308. The Kier molecular flexibility index (Phi) is 6.70. The highest BCUT2D eigenvalue weighted by Crippen LogP contribution is 2.22. The Morgan fingerprint density at radius 1 is 1.06 bits per heavy atom. The number of aryl methyl sites for hydroxylation is 1. The highest BCUT2D eigenvalue weighted by Gasteiger charge is 2.23. The van der Waals surface area contributed by atoms with Gasteiger partial charge in [-0.2, -0.15) is 0 Å². The number of fused-ring (bicyclic) bond motifs is 3. The lowest BCUT2D eigenvalue weighted by Gasteiger charge is -2.35. The fourth-order valence-corrected chi connectivity index (χ4v) is 5.36. The molecule has 1 fully saturated rings. The summed E-state index contributed by atoms with van der Waals surface area (Å²) >= 11 is 1.35. The molecule has 9 heteroatoms. The molecule has 0 aliphatic carbocycles. The van der Waals surface area contributed by atoms with Gasteiger partial charge in [-0.15, -0.1) is 16.8 Å². The molecule has 4 aromatic rings. The van der Waals surface area contributed by atoms with Crippen LogP contribution in [-0.2, 0) is 17.9 Å². The van der Waals surface area contributed by atoms with Crippen molar-refractivity contribution < 1.29 is 4.79 Å². The van der Waals surface area contributed by atoms with E-state index in [1.54, 1.807) is 16.7 Å². The Morgan fingerprint density at radius 2 is 1.80 bits per heavy atom. The van der Waals surface area contributed by atoms with E-state index in [0.717, 1.165) is 25.2 Å². The Morgan fingerprint density at radius 3 is 2.57 bits per heavy atom. The van der Waals surface area contributed by atoms with Gasteiger partial charge in [-0.1, -0.05) is 54.2 Å². The van der Waals surface area contributed by atoms with Crippen molar-refractivity contribution in [2.75, 3.05) is 31.9 Å². The third-order valence-corrected chi connectivity index (χ3v) is 7.41. The summed E-state index contributed by atoms with van der Waals surface area (Å²) in [6.07, 6.45) is 1.67. The number of hydrogen-bond acceptors (Lipinski definition) is 6. The Labute approximate surface area is 207 Å². The van der Waals surface area contributed by atoms with Crippen LogP contribution in [0, 0.1) is 6.92 Å². The van der Waals surface area contributed by atoms with E-state index in [4.69, 9.17) is 0 Å². The lowest BCUT2D eigenvalue weighted by molar-refractivity contribution is -0.130. The standard InChI is InChI=1S/C26H28N6O2S/c1-3-12-31-24(34)21-10-6-7-11-22(21)32-25(31)27-28-26(32)35-18-23(33)30-15-13-29(14-16-30)17-20-9-5-4-8-19(20)2/h3-11H,1,12-18H2,2H3. The lowest BCUT2D eigenvalue weighted by Crippen LogP contribution is -2.48. The first-order valence-corrected chi connectivity index (χ1v) is 12.7. The molecule has 3 heterocycles. The second-order valence-corrected chi connectivity index (χ2v) is 9.65. The number of amides is 1. The van der Waals surface area contributed by atoms with Gasteiger partial charge in [0.15, 0.2) is 5.16 Å². The molecule has 0 unspecified atom stereocenters. The summed E-state index contributed by atoms with van der Waals surface area (Å²) in [6.45, 7) is 10.3. The number of carbonyl (C=O) groups excluding carboxylic acids is 1. The van der Waals surface area contributed by atoms with E-state index in [-0.39, 0.29) is 17.2 Å². The average molecular weight is 489 g/mol. The van der Waals surface area contributed by atoms with E-state index in [9.17, 15) is 9.59 Å². The molecule has 2 aromatic heterocycles. The van der Waals surface area contributed by atoms with Crippen LogP contribution in [0.5, 0.6) is 0 Å². The highest BCUT2D eigenvalue weighted by molar-refractivity contribution is 7.99. The maximum absolute atomic E-state index is 13.0. The Bertz CT molecular complexity index is 1450. The van der Waals surface area contributed by atoms with Crippen molar-refractivity contribution in [3.8, 4) is 0 Å². The Hall–Kier alpha value is -3.43. The van der Waals surface area contributed by atoms with Gasteiger partial charge in [-0.05, 0) is 30.2 Å². The molecular formula is C26H28N6O2S. The number of para-hydroxylation sites is 1. The van der Waals surface area contributed by atoms with Gasteiger partial charge in [-0.3, -0.25) is 23.5 Å². The first-order chi connectivity index (χ1) is 17.1. The van der Waals surface area contributed by atoms with Crippen LogP contribution in [0.3, 0.4) is 0 Å². The number of carbonyl (C=O) groups is 1. The molecule has 0 saturated carbocycles. The minimum absolute atomic E-state index is 0.0889. The number of hydrogen-bond donors (Lipinski definition) is 0. The SMILES string of the molecule is C=CCn1c(=O)c2ccccc2n2c(SCC(=O)N3CCN(Cc4ccccc4C)CC3)nnc12. The van der Waals surface area contributed by atoms with Crippen LogP contribution in [0.2, 0.25) is 0 Å². The molecule has 0 bridgehead atoms. The predicted molar refractivity (Wildman–Crippen MR) is 139 cm³/mol. The van der Waals surface area contributed by atoms with Crippen LogP contribution in [0.1, 0.15) is 11.1 Å². The van der Waals surface area contributed by atoms with Gasteiger partial charge in [0.05, 0.1) is 16.7 Å². The van der Waals surface area contributed by atoms with E-state index in [0.29, 0.717) is 36.0 Å². The molecule has 0 N–H and O–H groups in total. The van der Waals surface area contributed by atoms with Gasteiger partial charge >= 0.3 is 0 Å². The van der Waals surface area contributed by atoms with Crippen LogP contribution in [0.25, 0.3) is 16.7 Å². The van der Waals surface area contributed by atoms with E-state index >= 15 is 0 Å². The molecule has 1 saturated heterocycles. The summed E-state index contributed by atoms with van der Waals surface area (Å²) in [6, 6.07) is 15.9. The number of benzene rings is 2. The monoisotopic (exact) mass is 488 g/mol. The maximum atomic E-state index is 13.0. The van der Waals surface area contributed by atoms with Crippen molar-refractivity contribution in [3.05, 3.63) is 82.7 Å². The van der Waals surface area contributed by atoms with Gasteiger partial charge in [0.25, 0.3) is 5.56 Å². The van der Waals surface area contributed by atoms with Crippen LogP contribution in [0.4, 0.5) is 0 Å². The molecule has 5 rings (SSSR count). The van der Waals surface area contributed by atoms with E-state index in [2.05, 4.69) is 52.9 Å². The second-order valence-electron chi connectivity index (χ2n) is 8.71. The van der Waals surface area contributed by atoms with Gasteiger partial charge in [0.1, 0.15) is 0 Å². The van der Waals surface area contributed by atoms with E-state index < -0.39 is 0 Å². The predicted octanol–water partition coefficient (Wildman–Crippen LogP) is 2.98. The number of rotatable bonds is 7. The maximum Gasteiger partial charge on any atom is 0.263 e. The van der Waals surface area contributed by atoms with Gasteiger partial charge in [-0.25, -0.2) is 0 Å². The van der Waals surface area contributed by atoms with Gasteiger partial charge in [0, 0.05) is 39.3 Å². The molecule has 0 spiro atoms. The normalized spacial score (nSPS) is 14.6. The molecule has 0 radical (unpaired) electrons. The molecule has 1 aliphatic rings. The van der Waals surface area contributed by atoms with Crippen molar-refractivity contribution in [2.45, 2.75) is 25.2 Å². The van der Waals surface area contributed by atoms with Crippen molar-refractivity contribution in [3.63, 3.8) is 0 Å². The zero-order valence-corrected chi connectivity index (χ0v) is 20.6. The molecular weight excluding hydrogens is 460 g/mol. The first-order valence-electron chi connectivity index (χ1n) is 11.7. The van der Waals surface area contributed by atoms with Crippen molar-refractivity contribution in [1.82, 2.24) is 29.0 Å². The fourth-order valence-electron chi connectivity index (χ4n) is 4.52. The van der Waals surface area contributed by atoms with Crippen LogP contribution >= 0.6 is 11.8 Å². The smallest absolute Gasteiger partial charge is 0.263 e. The molecule has 2 aromatic carbocycles. The quantitative estimate of drug-likeness (QED) is 0.294. The topological polar surface area (TPSA) is 75.7 Å². The summed E-state index contributed by atoms with van der Waals surface area (Å²) in [5.41, 5.74) is 3.24. The van der Waals surface area contributed by atoms with Crippen LogP contribution in [0.15, 0.2) is 71.1 Å². The third kappa shape index (κ3) is 4.61. The number of piperazine rings is 1. The average Bonchev–Trinajstić information content (AvgIpc) is 3.31. The third-order valence-electron chi connectivity index (χ3n) is 6.49. The summed E-state index contributed by atoms with van der Waals surface area (Å²) < 4.78 is 3.42. The number of thioether (sulfide) groups is 1. The summed E-state index contributed by atoms with van der Waals surface area (Å²) in [5.74, 6) is 0.812. The molecule has 1 aliphatic heterocycles. The van der Waals surface area contributed by atoms with Crippen LogP contribution < -0.4 is 5.56 Å². The largest absolute Gasteiger partial charge is 0.339 e. The lowest BCUT2D eigenvalue weighted by atomic mass is 10.1. The highest BCUT2D eigenvalue weighted by atomic mass is 32.2. The minimum Gasteiger partial charge on any atom is -0.339 e. The van der Waals surface area contributed by atoms with Gasteiger partial charge in [0.2, 0.25) is 11.7 Å². The molecule has 35 heavy (non-hydrogen) atoms. The van der Waals surface area contributed by atoms with Crippen molar-refractivity contribution >= 4 is 34.3 Å². The van der Waals surface area contributed by atoms with Gasteiger partial charge < -0.3 is 4.90 Å². The summed E-state index contributed by atoms with van der Waals surface area (Å²) in [5, 5.41) is 9.77. The van der Waals surface area contributed by atoms with Crippen molar-refractivity contribution in [2.24, 2.45) is 0 Å². The van der Waals surface area contributed by atoms with E-state index in [1.165, 1.54) is 22.9 Å². The Balaban J connectivity index is 1.28. The second kappa shape index (κ2) is 10.1. The summed E-state index contributed by atoms with van der Waals surface area (Å²) in [7, 11) is 0. The van der Waals surface area contributed by atoms with E-state index in [1.807, 2.05) is 27.5 Å². The molecule has 0 atom stereocenters. The first kappa shape index (κ1) is 23.3. The molecule has 180 valence electrons. The number of aromatic nitrogens is 4. The zero-order valence-electron chi connectivity index (χ0n) is 19.8. The molecule has 1 amide bonds. The number of allylic oxidation sites excluding steroid dienone is 1.